The highest BCUT2D eigenvalue weighted by Gasteiger charge is 2.27. The number of hydrogen-bond donors (Lipinski definition) is 2. The number of amides is 2. The first kappa shape index (κ1) is 26.2. The van der Waals surface area contributed by atoms with Crippen LogP contribution in [0.5, 0.6) is 0 Å². The normalized spacial score (nSPS) is 11.4. The van der Waals surface area contributed by atoms with E-state index in [1.165, 1.54) is 61.7 Å². The molecule has 0 saturated heterocycles. The topological polar surface area (TPSA) is 151 Å². The Kier molecular flexibility index (Phi) is 8.60. The van der Waals surface area contributed by atoms with Crippen LogP contribution in [0.3, 0.4) is 0 Å². The van der Waals surface area contributed by atoms with E-state index in [4.69, 9.17) is 0 Å². The molecule has 0 aliphatic rings. The Labute approximate surface area is 207 Å². The highest BCUT2D eigenvalue weighted by atomic mass is 32.2. The zero-order valence-corrected chi connectivity index (χ0v) is 20.0. The maximum absolute atomic E-state index is 13.4. The Morgan fingerprint density at radius 2 is 1.64 bits per heavy atom. The van der Waals surface area contributed by atoms with E-state index in [9.17, 15) is 28.1 Å². The molecular formula is C24H23N5O6S. The molecule has 0 saturated carbocycles. The van der Waals surface area contributed by atoms with Gasteiger partial charge in [-0.2, -0.15) is 9.41 Å². The van der Waals surface area contributed by atoms with Gasteiger partial charge in [-0.1, -0.05) is 30.3 Å². The molecule has 0 aliphatic carbocycles. The summed E-state index contributed by atoms with van der Waals surface area (Å²) in [6.45, 7) is 0.771. The van der Waals surface area contributed by atoms with Gasteiger partial charge in [0.05, 0.1) is 22.6 Å². The minimum Gasteiger partial charge on any atom is -0.326 e. The highest BCUT2D eigenvalue weighted by molar-refractivity contribution is 7.89. The smallest absolute Gasteiger partial charge is 0.269 e. The Bertz CT molecular complexity index is 1360. The Morgan fingerprint density at radius 1 is 1.00 bits per heavy atom. The number of hydrogen-bond acceptors (Lipinski definition) is 7. The van der Waals surface area contributed by atoms with Gasteiger partial charge in [-0.05, 0) is 47.5 Å². The van der Waals surface area contributed by atoms with E-state index in [1.54, 1.807) is 30.3 Å². The fourth-order valence-electron chi connectivity index (χ4n) is 3.13. The second-order valence-electron chi connectivity index (χ2n) is 7.61. The fourth-order valence-corrected chi connectivity index (χ4v) is 4.52. The first-order chi connectivity index (χ1) is 17.1. The van der Waals surface area contributed by atoms with Crippen molar-refractivity contribution in [1.29, 1.82) is 0 Å². The molecule has 0 fully saturated rings. The van der Waals surface area contributed by atoms with E-state index < -0.39 is 27.4 Å². The van der Waals surface area contributed by atoms with Crippen molar-refractivity contribution in [3.8, 4) is 0 Å². The number of carbonyl (C=O) groups is 2. The second-order valence-corrected chi connectivity index (χ2v) is 9.54. The van der Waals surface area contributed by atoms with Crippen molar-refractivity contribution < 1.29 is 22.9 Å². The van der Waals surface area contributed by atoms with E-state index in [0.717, 1.165) is 4.31 Å². The van der Waals surface area contributed by atoms with Crippen molar-refractivity contribution in [3.05, 3.63) is 100 Å². The summed E-state index contributed by atoms with van der Waals surface area (Å²) in [5.41, 5.74) is 3.83. The van der Waals surface area contributed by atoms with E-state index >= 15 is 0 Å². The summed E-state index contributed by atoms with van der Waals surface area (Å²) in [7, 11) is -4.09. The van der Waals surface area contributed by atoms with Crippen molar-refractivity contribution in [2.75, 3.05) is 11.9 Å². The Balaban J connectivity index is 1.75. The van der Waals surface area contributed by atoms with Crippen LogP contribution in [-0.2, 0) is 26.2 Å². The number of sulfonamides is 1. The summed E-state index contributed by atoms with van der Waals surface area (Å²) >= 11 is 0. The first-order valence-corrected chi connectivity index (χ1v) is 12.1. The van der Waals surface area contributed by atoms with Gasteiger partial charge in [0.25, 0.3) is 11.6 Å². The molecule has 3 rings (SSSR count). The summed E-state index contributed by atoms with van der Waals surface area (Å²) in [5.74, 6) is -0.968. The van der Waals surface area contributed by atoms with Crippen LogP contribution in [0.2, 0.25) is 0 Å². The van der Waals surface area contributed by atoms with E-state index in [1.807, 2.05) is 0 Å². The number of nitrogens with one attached hydrogen (secondary N) is 2. The number of anilines is 1. The van der Waals surface area contributed by atoms with Crippen LogP contribution >= 0.6 is 0 Å². The lowest BCUT2D eigenvalue weighted by atomic mass is 10.2. The number of carbonyl (C=O) groups excluding carboxylic acids is 2. The van der Waals surface area contributed by atoms with Gasteiger partial charge in [-0.15, -0.1) is 0 Å². The van der Waals surface area contributed by atoms with Gasteiger partial charge < -0.3 is 5.32 Å². The fraction of sp³-hybridized carbons (Fsp3) is 0.125. The largest absolute Gasteiger partial charge is 0.326 e. The Hall–Kier alpha value is -4.42. The molecular weight excluding hydrogens is 486 g/mol. The monoisotopic (exact) mass is 509 g/mol. The summed E-state index contributed by atoms with van der Waals surface area (Å²) in [5, 5.41) is 17.1. The van der Waals surface area contributed by atoms with Crippen LogP contribution in [0.25, 0.3) is 0 Å². The summed E-state index contributed by atoms with van der Waals surface area (Å²) in [6.07, 6.45) is 1.29. The van der Waals surface area contributed by atoms with Gasteiger partial charge in [-0.25, -0.2) is 13.8 Å². The van der Waals surface area contributed by atoms with E-state index in [0.29, 0.717) is 16.8 Å². The SMILES string of the molecule is CC(=O)Nc1ccc(S(=O)(=O)N(CC(=O)N/N=C\c2ccc([N+](=O)[O-])cc2)Cc2ccccc2)cc1. The lowest BCUT2D eigenvalue weighted by Crippen LogP contribution is -2.39. The average molecular weight is 510 g/mol. The maximum Gasteiger partial charge on any atom is 0.269 e. The first-order valence-electron chi connectivity index (χ1n) is 10.6. The van der Waals surface area contributed by atoms with Gasteiger partial charge in [0.1, 0.15) is 0 Å². The zero-order chi connectivity index (χ0) is 26.1. The molecule has 0 radical (unpaired) electrons. The van der Waals surface area contributed by atoms with Crippen LogP contribution in [-0.4, -0.2) is 42.2 Å². The molecule has 2 amide bonds. The number of nitro benzene ring substituents is 1. The number of nitrogens with zero attached hydrogens (tertiary/aromatic N) is 3. The summed E-state index contributed by atoms with van der Waals surface area (Å²) in [6, 6.07) is 20.0. The number of nitro groups is 1. The molecule has 3 aromatic carbocycles. The molecule has 0 heterocycles. The van der Waals surface area contributed by atoms with Gasteiger partial charge in [0.2, 0.25) is 15.9 Å². The number of benzene rings is 3. The Morgan fingerprint density at radius 3 is 2.22 bits per heavy atom. The number of hydrazone groups is 1. The number of non-ortho nitro benzene ring substituents is 1. The molecule has 0 atom stereocenters. The maximum atomic E-state index is 13.4. The third-order valence-electron chi connectivity index (χ3n) is 4.84. The molecule has 0 unspecified atom stereocenters. The predicted molar refractivity (Wildman–Crippen MR) is 134 cm³/mol. The highest BCUT2D eigenvalue weighted by Crippen LogP contribution is 2.20. The van der Waals surface area contributed by atoms with Gasteiger partial charge in [-0.3, -0.25) is 19.7 Å². The van der Waals surface area contributed by atoms with Crippen LogP contribution in [0.1, 0.15) is 18.1 Å². The molecule has 0 spiro atoms. The van der Waals surface area contributed by atoms with Crippen molar-refractivity contribution in [1.82, 2.24) is 9.73 Å². The molecule has 0 aromatic heterocycles. The average Bonchev–Trinajstić information content (AvgIpc) is 2.84. The molecule has 3 aromatic rings. The molecule has 36 heavy (non-hydrogen) atoms. The van der Waals surface area contributed by atoms with E-state index in [-0.39, 0.29) is 23.0 Å². The van der Waals surface area contributed by atoms with Gasteiger partial charge >= 0.3 is 0 Å². The predicted octanol–water partition coefficient (Wildman–Crippen LogP) is 2.89. The van der Waals surface area contributed by atoms with Crippen LogP contribution in [0.15, 0.2) is 88.9 Å². The lowest BCUT2D eigenvalue weighted by Gasteiger charge is -2.21. The quantitative estimate of drug-likeness (QED) is 0.244. The number of rotatable bonds is 10. The second kappa shape index (κ2) is 11.8. The minimum atomic E-state index is -4.09. The van der Waals surface area contributed by atoms with Crippen LogP contribution < -0.4 is 10.7 Å². The minimum absolute atomic E-state index is 0.0466. The van der Waals surface area contributed by atoms with E-state index in [2.05, 4.69) is 15.8 Å². The van der Waals surface area contributed by atoms with Gasteiger partial charge in [0, 0.05) is 31.3 Å². The van der Waals surface area contributed by atoms with Crippen molar-refractivity contribution in [3.63, 3.8) is 0 Å². The van der Waals surface area contributed by atoms with Crippen molar-refractivity contribution >= 4 is 39.4 Å². The lowest BCUT2D eigenvalue weighted by molar-refractivity contribution is -0.384. The van der Waals surface area contributed by atoms with Crippen molar-refractivity contribution in [2.24, 2.45) is 5.10 Å². The molecule has 0 aliphatic heterocycles. The standard InChI is InChI=1S/C24H23N5O6S/c1-18(30)26-21-9-13-23(14-10-21)36(34,35)28(16-20-5-3-2-4-6-20)17-24(31)27-25-15-19-7-11-22(12-8-19)29(32)33/h2-15H,16-17H2,1H3,(H,26,30)(H,27,31)/b25-15-. The third kappa shape index (κ3) is 7.29. The van der Waals surface area contributed by atoms with Crippen molar-refractivity contribution in [2.45, 2.75) is 18.4 Å². The third-order valence-corrected chi connectivity index (χ3v) is 6.65. The molecule has 0 bridgehead atoms. The van der Waals surface area contributed by atoms with Crippen LogP contribution in [0, 0.1) is 10.1 Å². The molecule has 186 valence electrons. The molecule has 2 N–H and O–H groups in total. The summed E-state index contributed by atoms with van der Waals surface area (Å²) < 4.78 is 27.7. The zero-order valence-electron chi connectivity index (χ0n) is 19.2. The summed E-state index contributed by atoms with van der Waals surface area (Å²) in [4.78, 5) is 33.9. The molecule has 12 heteroatoms. The van der Waals surface area contributed by atoms with Crippen LogP contribution in [0.4, 0.5) is 11.4 Å². The van der Waals surface area contributed by atoms with Gasteiger partial charge in [0.15, 0.2) is 0 Å². The molecule has 11 nitrogen and oxygen atoms in total.